The molecule has 2 aromatic carbocycles. The van der Waals surface area contributed by atoms with E-state index in [1.54, 1.807) is 6.07 Å². The average molecular weight is 295 g/mol. The molecule has 0 heterocycles. The summed E-state index contributed by atoms with van der Waals surface area (Å²) in [7, 11) is 1.36. The minimum Gasteiger partial charge on any atom is -0.497 e. The molecule has 0 saturated carbocycles. The molecule has 0 amide bonds. The molecule has 6 heteroatoms. The van der Waals surface area contributed by atoms with Crippen molar-refractivity contribution in [2.75, 3.05) is 7.11 Å². The van der Waals surface area contributed by atoms with Crippen molar-refractivity contribution in [1.82, 2.24) is 0 Å². The molecule has 0 aliphatic rings. The Balaban J connectivity index is 2.70. The molecular weight excluding hydrogens is 286 g/mol. The topological polar surface area (TPSA) is 33.0 Å². The van der Waals surface area contributed by atoms with Gasteiger partial charge in [0, 0.05) is 11.1 Å². The highest BCUT2D eigenvalue weighted by Crippen LogP contribution is 2.35. The molecule has 0 spiro atoms. The minimum atomic E-state index is -4.57. The van der Waals surface area contributed by atoms with Crippen molar-refractivity contribution in [3.63, 3.8) is 0 Å². The highest BCUT2D eigenvalue weighted by Gasteiger charge is 2.31. The number of nitrogens with zero attached hydrogens (tertiary/aromatic N) is 1. The monoisotopic (exact) mass is 295 g/mol. The van der Waals surface area contributed by atoms with Gasteiger partial charge in [-0.1, -0.05) is 0 Å². The van der Waals surface area contributed by atoms with Gasteiger partial charge in [0.1, 0.15) is 11.6 Å². The van der Waals surface area contributed by atoms with E-state index in [0.29, 0.717) is 0 Å². The lowest BCUT2D eigenvalue weighted by Gasteiger charge is -2.12. The molecule has 0 aliphatic carbocycles. The number of nitriles is 1. The highest BCUT2D eigenvalue weighted by atomic mass is 19.4. The summed E-state index contributed by atoms with van der Waals surface area (Å²) in [6.45, 7) is 0. The standard InChI is InChI=1S/C15H9F4NO/c1-21-11-4-5-14(16)13(7-11)12-6-10(15(17,18)19)3-2-9(12)8-20/h2-7H,1H3. The SMILES string of the molecule is COc1ccc(F)c(-c2cc(C(F)(F)F)ccc2C#N)c1. The van der Waals surface area contributed by atoms with Gasteiger partial charge < -0.3 is 4.74 Å². The molecular formula is C15H9F4NO. The number of hydrogen-bond donors (Lipinski definition) is 0. The number of alkyl halides is 3. The second kappa shape index (κ2) is 5.44. The van der Waals surface area contributed by atoms with Gasteiger partial charge in [0.15, 0.2) is 0 Å². The van der Waals surface area contributed by atoms with Crippen LogP contribution in [0, 0.1) is 17.1 Å². The van der Waals surface area contributed by atoms with Crippen LogP contribution in [0.5, 0.6) is 5.75 Å². The van der Waals surface area contributed by atoms with Gasteiger partial charge >= 0.3 is 6.18 Å². The summed E-state index contributed by atoms with van der Waals surface area (Å²) in [6, 6.07) is 8.02. The van der Waals surface area contributed by atoms with Gasteiger partial charge in [0.05, 0.1) is 24.3 Å². The molecule has 0 N–H and O–H groups in total. The number of rotatable bonds is 2. The molecule has 21 heavy (non-hydrogen) atoms. The van der Waals surface area contributed by atoms with Gasteiger partial charge in [-0.25, -0.2) is 4.39 Å². The zero-order chi connectivity index (χ0) is 15.6. The van der Waals surface area contributed by atoms with E-state index in [1.807, 2.05) is 0 Å². The van der Waals surface area contributed by atoms with Crippen LogP contribution in [-0.4, -0.2) is 7.11 Å². The molecule has 0 atom stereocenters. The summed E-state index contributed by atoms with van der Waals surface area (Å²) in [5, 5.41) is 9.01. The predicted molar refractivity (Wildman–Crippen MR) is 68.1 cm³/mol. The van der Waals surface area contributed by atoms with Crippen LogP contribution in [0.25, 0.3) is 11.1 Å². The Bertz CT molecular complexity index is 717. The Morgan fingerprint density at radius 1 is 1.05 bits per heavy atom. The van der Waals surface area contributed by atoms with E-state index in [4.69, 9.17) is 10.00 Å². The Labute approximate surface area is 118 Å². The van der Waals surface area contributed by atoms with Crippen LogP contribution in [0.15, 0.2) is 36.4 Å². The van der Waals surface area contributed by atoms with Gasteiger partial charge in [-0.15, -0.1) is 0 Å². The first kappa shape index (κ1) is 14.9. The maximum Gasteiger partial charge on any atom is 0.416 e. The fraction of sp³-hybridized carbons (Fsp3) is 0.133. The van der Waals surface area contributed by atoms with Crippen LogP contribution < -0.4 is 4.74 Å². The Hall–Kier alpha value is -2.55. The lowest BCUT2D eigenvalue weighted by Crippen LogP contribution is -2.05. The van der Waals surface area contributed by atoms with Crippen molar-refractivity contribution >= 4 is 0 Å². The molecule has 108 valence electrons. The van der Waals surface area contributed by atoms with Gasteiger partial charge in [0.25, 0.3) is 0 Å². The molecule has 0 bridgehead atoms. The summed E-state index contributed by atoms with van der Waals surface area (Å²) < 4.78 is 57.1. The maximum atomic E-state index is 13.9. The molecule has 0 saturated heterocycles. The number of ether oxygens (including phenoxy) is 1. The van der Waals surface area contributed by atoms with Crippen molar-refractivity contribution < 1.29 is 22.3 Å². The lowest BCUT2D eigenvalue weighted by atomic mass is 9.97. The Morgan fingerprint density at radius 3 is 2.33 bits per heavy atom. The fourth-order valence-corrected chi connectivity index (χ4v) is 1.88. The quantitative estimate of drug-likeness (QED) is 0.770. The highest BCUT2D eigenvalue weighted by molar-refractivity contribution is 5.73. The summed E-state index contributed by atoms with van der Waals surface area (Å²) in [5.41, 5.74) is -1.23. The molecule has 2 aromatic rings. The smallest absolute Gasteiger partial charge is 0.416 e. The van der Waals surface area contributed by atoms with E-state index in [-0.39, 0.29) is 22.4 Å². The molecule has 0 unspecified atom stereocenters. The van der Waals surface area contributed by atoms with Gasteiger partial charge in [-0.2, -0.15) is 18.4 Å². The normalized spacial score (nSPS) is 11.0. The maximum absolute atomic E-state index is 13.9. The van der Waals surface area contributed by atoms with Crippen molar-refractivity contribution in [3.05, 3.63) is 53.3 Å². The van der Waals surface area contributed by atoms with Crippen molar-refractivity contribution in [1.29, 1.82) is 5.26 Å². The van der Waals surface area contributed by atoms with Crippen LogP contribution in [0.1, 0.15) is 11.1 Å². The van der Waals surface area contributed by atoms with E-state index in [1.165, 1.54) is 19.2 Å². The van der Waals surface area contributed by atoms with E-state index in [0.717, 1.165) is 24.3 Å². The van der Waals surface area contributed by atoms with Gasteiger partial charge in [-0.05, 0) is 36.4 Å². The number of halogens is 4. The number of benzene rings is 2. The molecule has 2 rings (SSSR count). The van der Waals surface area contributed by atoms with Crippen molar-refractivity contribution in [2.24, 2.45) is 0 Å². The van der Waals surface area contributed by atoms with E-state index in [9.17, 15) is 17.6 Å². The zero-order valence-electron chi connectivity index (χ0n) is 10.8. The van der Waals surface area contributed by atoms with E-state index >= 15 is 0 Å². The minimum absolute atomic E-state index is 0.0462. The first-order valence-electron chi connectivity index (χ1n) is 5.82. The van der Waals surface area contributed by atoms with Crippen LogP contribution >= 0.6 is 0 Å². The third-order valence-corrected chi connectivity index (χ3v) is 2.93. The Kier molecular flexibility index (Phi) is 3.85. The predicted octanol–water partition coefficient (Wildman–Crippen LogP) is 4.39. The average Bonchev–Trinajstić information content (AvgIpc) is 2.46. The van der Waals surface area contributed by atoms with Gasteiger partial charge in [0.2, 0.25) is 0 Å². The first-order chi connectivity index (χ1) is 9.86. The second-order valence-electron chi connectivity index (χ2n) is 4.22. The lowest BCUT2D eigenvalue weighted by molar-refractivity contribution is -0.137. The summed E-state index contributed by atoms with van der Waals surface area (Å²) >= 11 is 0. The van der Waals surface area contributed by atoms with E-state index < -0.39 is 17.6 Å². The molecule has 0 aromatic heterocycles. The molecule has 0 aliphatic heterocycles. The summed E-state index contributed by atoms with van der Waals surface area (Å²) in [5.74, 6) is -0.445. The fourth-order valence-electron chi connectivity index (χ4n) is 1.88. The number of methoxy groups -OCH3 is 1. The van der Waals surface area contributed by atoms with Crippen LogP contribution in [-0.2, 0) is 6.18 Å². The van der Waals surface area contributed by atoms with Crippen molar-refractivity contribution in [3.8, 4) is 22.9 Å². The zero-order valence-corrected chi connectivity index (χ0v) is 10.8. The second-order valence-corrected chi connectivity index (χ2v) is 4.22. The van der Waals surface area contributed by atoms with E-state index in [2.05, 4.69) is 0 Å². The first-order valence-corrected chi connectivity index (χ1v) is 5.82. The van der Waals surface area contributed by atoms with Crippen LogP contribution in [0.4, 0.5) is 17.6 Å². The molecule has 2 nitrogen and oxygen atoms in total. The summed E-state index contributed by atoms with van der Waals surface area (Å²) in [6.07, 6.45) is -4.57. The molecule has 0 radical (unpaired) electrons. The van der Waals surface area contributed by atoms with Gasteiger partial charge in [-0.3, -0.25) is 0 Å². The molecule has 0 fully saturated rings. The number of hydrogen-bond acceptors (Lipinski definition) is 2. The Morgan fingerprint density at radius 2 is 1.76 bits per heavy atom. The largest absolute Gasteiger partial charge is 0.497 e. The summed E-state index contributed by atoms with van der Waals surface area (Å²) in [4.78, 5) is 0. The third-order valence-electron chi connectivity index (χ3n) is 2.93. The van der Waals surface area contributed by atoms with Crippen LogP contribution in [0.3, 0.4) is 0 Å². The van der Waals surface area contributed by atoms with Crippen LogP contribution in [0.2, 0.25) is 0 Å². The van der Waals surface area contributed by atoms with Crippen molar-refractivity contribution in [2.45, 2.75) is 6.18 Å². The third kappa shape index (κ3) is 2.97.